The fraction of sp³-hybridized carbons (Fsp3) is 0.500. The second-order valence-corrected chi connectivity index (χ2v) is 3.59. The lowest BCUT2D eigenvalue weighted by atomic mass is 10.8. The van der Waals surface area contributed by atoms with Crippen molar-refractivity contribution in [3.8, 4) is 0 Å². The zero-order chi connectivity index (χ0) is 7.07. The highest BCUT2D eigenvalue weighted by Crippen LogP contribution is 1.99. The lowest BCUT2D eigenvalue weighted by molar-refractivity contribution is 0.885. The van der Waals surface area contributed by atoms with Crippen molar-refractivity contribution in [2.24, 2.45) is 0 Å². The Morgan fingerprint density at radius 2 is 2.50 bits per heavy atom. The lowest BCUT2D eigenvalue weighted by Gasteiger charge is -1.74. The summed E-state index contributed by atoms with van der Waals surface area (Å²) in [4.78, 5) is 3.74. The monoisotopic (exact) mass is 174 g/mol. The highest BCUT2D eigenvalue weighted by atomic mass is 32.2. The summed E-state index contributed by atoms with van der Waals surface area (Å²) in [6.07, 6.45) is 1.77. The number of rotatable bonds is 0. The van der Waals surface area contributed by atoms with Crippen molar-refractivity contribution in [3.63, 3.8) is 0 Å². The molecular weight excluding hydrogens is 164 g/mol. The predicted octanol–water partition coefficient (Wildman–Crippen LogP) is 1.42. The van der Waals surface area contributed by atoms with Crippen molar-refractivity contribution in [1.82, 2.24) is 10.3 Å². The third-order valence-electron chi connectivity index (χ3n) is 0.975. The molecule has 1 N–H and O–H groups in total. The number of aromatic nitrogens is 1. The van der Waals surface area contributed by atoms with Crippen LogP contribution >= 0.6 is 23.1 Å². The average Bonchev–Trinajstić information content (AvgIpc) is 2.67. The van der Waals surface area contributed by atoms with Crippen molar-refractivity contribution in [2.45, 2.75) is 0 Å². The van der Waals surface area contributed by atoms with Crippen molar-refractivity contribution >= 4 is 23.1 Å². The number of thiazole rings is 1. The van der Waals surface area contributed by atoms with Crippen LogP contribution in [-0.4, -0.2) is 23.2 Å². The summed E-state index contributed by atoms with van der Waals surface area (Å²) >= 11 is 3.56. The van der Waals surface area contributed by atoms with Gasteiger partial charge < -0.3 is 5.32 Å². The fourth-order valence-electron chi connectivity index (χ4n) is 0.537. The van der Waals surface area contributed by atoms with Crippen LogP contribution in [-0.2, 0) is 0 Å². The van der Waals surface area contributed by atoms with E-state index in [2.05, 4.69) is 10.3 Å². The molecule has 1 fully saturated rings. The van der Waals surface area contributed by atoms with Crippen LogP contribution in [0.5, 0.6) is 0 Å². The normalized spacial score (nSPS) is 16.0. The van der Waals surface area contributed by atoms with Gasteiger partial charge in [-0.2, -0.15) is 0 Å². The smallest absolute Gasteiger partial charge is 0.0791 e. The van der Waals surface area contributed by atoms with Crippen molar-refractivity contribution in [3.05, 3.63) is 17.1 Å². The van der Waals surface area contributed by atoms with Crippen LogP contribution < -0.4 is 5.32 Å². The maximum Gasteiger partial charge on any atom is 0.0791 e. The van der Waals surface area contributed by atoms with E-state index in [1.165, 1.54) is 18.2 Å². The maximum absolute atomic E-state index is 3.74. The number of hydrogen-bond acceptors (Lipinski definition) is 4. The molecule has 4 heteroatoms. The van der Waals surface area contributed by atoms with Crippen LogP contribution in [0.2, 0.25) is 0 Å². The van der Waals surface area contributed by atoms with Gasteiger partial charge in [0.05, 0.1) is 5.51 Å². The van der Waals surface area contributed by atoms with E-state index in [4.69, 9.17) is 0 Å². The molecule has 0 amide bonds. The average molecular weight is 174 g/mol. The maximum atomic E-state index is 3.74. The van der Waals surface area contributed by atoms with E-state index in [0.29, 0.717) is 0 Å². The fourth-order valence-corrected chi connectivity index (χ4v) is 1.61. The van der Waals surface area contributed by atoms with Gasteiger partial charge in [0.15, 0.2) is 0 Å². The molecule has 0 atom stereocenters. The molecule has 0 saturated carbocycles. The summed E-state index contributed by atoms with van der Waals surface area (Å²) in [7, 11) is 0. The summed E-state index contributed by atoms with van der Waals surface area (Å²) in [5.41, 5.74) is 1.79. The molecule has 10 heavy (non-hydrogen) atoms. The first-order valence-electron chi connectivity index (χ1n) is 3.11. The van der Waals surface area contributed by atoms with E-state index in [1.807, 2.05) is 17.1 Å². The van der Waals surface area contributed by atoms with Crippen LogP contribution in [0.4, 0.5) is 0 Å². The third-order valence-corrected chi connectivity index (χ3v) is 2.40. The van der Waals surface area contributed by atoms with Gasteiger partial charge in [-0.3, -0.25) is 4.98 Å². The minimum atomic E-state index is 1.17. The van der Waals surface area contributed by atoms with Gasteiger partial charge in [0.2, 0.25) is 0 Å². The number of nitrogens with zero attached hydrogens (tertiary/aromatic N) is 1. The Hall–Kier alpha value is -0.0600. The molecule has 0 bridgehead atoms. The predicted molar refractivity (Wildman–Crippen MR) is 47.4 cm³/mol. The van der Waals surface area contributed by atoms with Gasteiger partial charge in [-0.1, -0.05) is 0 Å². The Balaban J connectivity index is 0.0000001000. The number of thioether (sulfide) groups is 1. The molecule has 0 radical (unpaired) electrons. The standard InChI is InChI=1S/C3H7NS.C3H3NS/c2*1-2-5-3-4-1/h4H,1-3H2;1-3H. The summed E-state index contributed by atoms with van der Waals surface area (Å²) in [6, 6.07) is 0. The van der Waals surface area contributed by atoms with E-state index in [1.54, 1.807) is 23.0 Å². The molecule has 1 aliphatic rings. The molecule has 1 aliphatic heterocycles. The molecule has 2 heterocycles. The Labute approximate surface area is 69.1 Å². The zero-order valence-corrected chi connectivity index (χ0v) is 7.25. The SMILES string of the molecule is C1CSCN1.c1cscn1. The van der Waals surface area contributed by atoms with Crippen molar-refractivity contribution in [2.75, 3.05) is 18.2 Å². The van der Waals surface area contributed by atoms with Crippen LogP contribution in [0.1, 0.15) is 0 Å². The van der Waals surface area contributed by atoms with E-state index in [9.17, 15) is 0 Å². The van der Waals surface area contributed by atoms with E-state index >= 15 is 0 Å². The minimum absolute atomic E-state index is 1.17. The summed E-state index contributed by atoms with van der Waals surface area (Å²) in [6.45, 7) is 1.21. The van der Waals surface area contributed by atoms with Gasteiger partial charge in [-0.05, 0) is 0 Å². The second-order valence-electron chi connectivity index (χ2n) is 1.73. The van der Waals surface area contributed by atoms with Crippen molar-refractivity contribution in [1.29, 1.82) is 0 Å². The topological polar surface area (TPSA) is 24.9 Å². The van der Waals surface area contributed by atoms with Crippen LogP contribution in [0, 0.1) is 0 Å². The molecule has 0 aliphatic carbocycles. The number of hydrogen-bond donors (Lipinski definition) is 1. The first-order chi connectivity index (χ1) is 5.00. The number of nitrogens with one attached hydrogen (secondary N) is 1. The first kappa shape index (κ1) is 8.04. The van der Waals surface area contributed by atoms with Gasteiger partial charge in [-0.15, -0.1) is 23.1 Å². The third kappa shape index (κ3) is 3.87. The van der Waals surface area contributed by atoms with E-state index in [0.717, 1.165) is 0 Å². The summed E-state index contributed by atoms with van der Waals surface area (Å²) < 4.78 is 0. The van der Waals surface area contributed by atoms with Gasteiger partial charge >= 0.3 is 0 Å². The van der Waals surface area contributed by atoms with Gasteiger partial charge in [0.25, 0.3) is 0 Å². The van der Waals surface area contributed by atoms with Crippen LogP contribution in [0.15, 0.2) is 17.1 Å². The van der Waals surface area contributed by atoms with Crippen LogP contribution in [0.25, 0.3) is 0 Å². The minimum Gasteiger partial charge on any atom is -0.307 e. The van der Waals surface area contributed by atoms with Crippen LogP contribution in [0.3, 0.4) is 0 Å². The summed E-state index contributed by atoms with van der Waals surface area (Å²) in [5, 5.41) is 5.12. The van der Waals surface area contributed by atoms with Gasteiger partial charge in [0.1, 0.15) is 0 Å². The Morgan fingerprint density at radius 3 is 2.70 bits per heavy atom. The largest absolute Gasteiger partial charge is 0.307 e. The molecule has 56 valence electrons. The Bertz CT molecular complexity index is 113. The Morgan fingerprint density at radius 1 is 1.50 bits per heavy atom. The molecule has 2 nitrogen and oxygen atoms in total. The first-order valence-corrected chi connectivity index (χ1v) is 5.20. The van der Waals surface area contributed by atoms with Gasteiger partial charge in [0, 0.05) is 29.8 Å². The molecule has 1 aromatic heterocycles. The molecule has 0 spiro atoms. The van der Waals surface area contributed by atoms with E-state index < -0.39 is 0 Å². The molecule has 0 aromatic carbocycles. The zero-order valence-electron chi connectivity index (χ0n) is 5.62. The molecule has 2 rings (SSSR count). The van der Waals surface area contributed by atoms with E-state index in [-0.39, 0.29) is 0 Å². The molecule has 0 unspecified atom stereocenters. The highest BCUT2D eigenvalue weighted by molar-refractivity contribution is 7.99. The van der Waals surface area contributed by atoms with Crippen molar-refractivity contribution < 1.29 is 0 Å². The summed E-state index contributed by atoms with van der Waals surface area (Å²) in [5.74, 6) is 2.47. The quantitative estimate of drug-likeness (QED) is 0.644. The molecular formula is C6H10N2S2. The lowest BCUT2D eigenvalue weighted by Crippen LogP contribution is -2.04. The molecule has 1 aromatic rings. The highest BCUT2D eigenvalue weighted by Gasteiger charge is 1.93. The van der Waals surface area contributed by atoms with Gasteiger partial charge in [-0.25, -0.2) is 0 Å². The Kier molecular flexibility index (Phi) is 4.59. The second kappa shape index (κ2) is 5.70. The molecule has 1 saturated heterocycles.